The van der Waals surface area contributed by atoms with Crippen LogP contribution in [0.25, 0.3) is 0 Å². The molecule has 1 saturated heterocycles. The first kappa shape index (κ1) is 14.6. The molecule has 0 N–H and O–H groups in total. The molecule has 2 aromatic rings. The molecule has 0 aliphatic carbocycles. The van der Waals surface area contributed by atoms with Crippen molar-refractivity contribution in [2.75, 3.05) is 11.5 Å². The standard InChI is InChI=1S/C19H21NO2/c1-4-22-19(21)18-17(15-9-5-13(2)6-10-15)20(18)16-11-7-14(3)8-12-16/h5-12,17-18H,4H2,1-3H3/t17-,18-,20?/m1/s1. The van der Waals surface area contributed by atoms with Crippen molar-refractivity contribution in [1.82, 2.24) is 0 Å². The number of carbonyl (C=O) groups is 1. The number of aryl methyl sites for hydroxylation is 2. The first-order valence-electron chi connectivity index (χ1n) is 7.70. The average Bonchev–Trinajstić information content (AvgIpc) is 3.24. The van der Waals surface area contributed by atoms with Crippen molar-refractivity contribution in [2.45, 2.75) is 32.9 Å². The summed E-state index contributed by atoms with van der Waals surface area (Å²) < 4.78 is 5.24. The van der Waals surface area contributed by atoms with E-state index in [1.165, 1.54) is 11.1 Å². The predicted molar refractivity (Wildman–Crippen MR) is 88.0 cm³/mol. The number of benzene rings is 2. The normalized spacial score (nSPS) is 19.9. The zero-order valence-electron chi connectivity index (χ0n) is 13.2. The fourth-order valence-corrected chi connectivity index (χ4v) is 2.85. The molecule has 1 heterocycles. The Morgan fingerprint density at radius 3 is 2.09 bits per heavy atom. The summed E-state index contributed by atoms with van der Waals surface area (Å²) in [5.74, 6) is -0.145. The van der Waals surface area contributed by atoms with Crippen LogP contribution in [-0.2, 0) is 9.53 Å². The smallest absolute Gasteiger partial charge is 0.331 e. The Bertz CT molecular complexity index is 609. The molecular formula is C19H21NO2. The molecule has 0 saturated carbocycles. The highest BCUT2D eigenvalue weighted by atomic mass is 16.5. The SMILES string of the molecule is CCOC(=O)[C@H]1[C@@H](c2ccc(C)cc2)N1c1ccc(C)cc1. The van der Waals surface area contributed by atoms with Gasteiger partial charge in [0.15, 0.2) is 6.04 Å². The number of hydrogen-bond donors (Lipinski definition) is 0. The molecule has 2 atom stereocenters. The van der Waals surface area contributed by atoms with Gasteiger partial charge in [-0.3, -0.25) is 0 Å². The second-order valence-electron chi connectivity index (χ2n) is 5.80. The van der Waals surface area contributed by atoms with Crippen molar-refractivity contribution in [3.63, 3.8) is 0 Å². The van der Waals surface area contributed by atoms with Crippen molar-refractivity contribution in [1.29, 1.82) is 0 Å². The Kier molecular flexibility index (Phi) is 3.88. The van der Waals surface area contributed by atoms with E-state index in [9.17, 15) is 4.79 Å². The molecule has 0 unspecified atom stereocenters. The molecule has 3 heteroatoms. The highest BCUT2D eigenvalue weighted by Gasteiger charge is 2.54. The lowest BCUT2D eigenvalue weighted by molar-refractivity contribution is -0.142. The third kappa shape index (κ3) is 2.71. The van der Waals surface area contributed by atoms with E-state index < -0.39 is 0 Å². The van der Waals surface area contributed by atoms with E-state index in [0.29, 0.717) is 6.61 Å². The Labute approximate surface area is 131 Å². The maximum Gasteiger partial charge on any atom is 0.331 e. The molecule has 1 aliphatic heterocycles. The van der Waals surface area contributed by atoms with Gasteiger partial charge in [0.1, 0.15) is 0 Å². The van der Waals surface area contributed by atoms with E-state index in [2.05, 4.69) is 67.3 Å². The summed E-state index contributed by atoms with van der Waals surface area (Å²) in [5, 5.41) is 0. The van der Waals surface area contributed by atoms with E-state index >= 15 is 0 Å². The molecule has 0 aromatic heterocycles. The number of esters is 1. The second-order valence-corrected chi connectivity index (χ2v) is 5.80. The number of carbonyl (C=O) groups excluding carboxylic acids is 1. The van der Waals surface area contributed by atoms with Gasteiger partial charge in [-0.2, -0.15) is 0 Å². The van der Waals surface area contributed by atoms with Crippen LogP contribution in [-0.4, -0.2) is 18.6 Å². The predicted octanol–water partition coefficient (Wildman–Crippen LogP) is 3.80. The Balaban J connectivity index is 1.90. The van der Waals surface area contributed by atoms with E-state index in [1.807, 2.05) is 6.92 Å². The molecular weight excluding hydrogens is 274 g/mol. The van der Waals surface area contributed by atoms with Gasteiger partial charge >= 0.3 is 5.97 Å². The van der Waals surface area contributed by atoms with Gasteiger partial charge < -0.3 is 9.64 Å². The summed E-state index contributed by atoms with van der Waals surface area (Å²) >= 11 is 0. The van der Waals surface area contributed by atoms with Crippen LogP contribution in [0.4, 0.5) is 5.69 Å². The van der Waals surface area contributed by atoms with E-state index in [4.69, 9.17) is 4.74 Å². The summed E-state index contributed by atoms with van der Waals surface area (Å²) in [7, 11) is 0. The minimum Gasteiger partial charge on any atom is -0.464 e. The molecule has 1 aliphatic rings. The van der Waals surface area contributed by atoms with Crippen molar-refractivity contribution in [3.8, 4) is 0 Å². The zero-order chi connectivity index (χ0) is 15.7. The van der Waals surface area contributed by atoms with Crippen LogP contribution < -0.4 is 4.90 Å². The summed E-state index contributed by atoms with van der Waals surface area (Å²) in [6.07, 6.45) is 0. The third-order valence-corrected chi connectivity index (χ3v) is 4.09. The zero-order valence-corrected chi connectivity index (χ0v) is 13.2. The molecule has 0 spiro atoms. The quantitative estimate of drug-likeness (QED) is 0.635. The minimum atomic E-state index is -0.217. The lowest BCUT2D eigenvalue weighted by atomic mass is 10.1. The van der Waals surface area contributed by atoms with Crippen molar-refractivity contribution < 1.29 is 9.53 Å². The Morgan fingerprint density at radius 2 is 1.55 bits per heavy atom. The summed E-state index contributed by atoms with van der Waals surface area (Å²) in [4.78, 5) is 14.4. The highest BCUT2D eigenvalue weighted by molar-refractivity contribution is 5.89. The lowest BCUT2D eigenvalue weighted by Gasteiger charge is -2.07. The topological polar surface area (TPSA) is 29.3 Å². The summed E-state index contributed by atoms with van der Waals surface area (Å²) in [6, 6.07) is 16.5. The van der Waals surface area contributed by atoms with Crippen LogP contribution in [0.5, 0.6) is 0 Å². The molecule has 22 heavy (non-hydrogen) atoms. The van der Waals surface area contributed by atoms with Crippen molar-refractivity contribution in [3.05, 3.63) is 65.2 Å². The van der Waals surface area contributed by atoms with Gasteiger partial charge in [0, 0.05) is 5.69 Å². The van der Waals surface area contributed by atoms with Crippen LogP contribution >= 0.6 is 0 Å². The van der Waals surface area contributed by atoms with Gasteiger partial charge in [0.2, 0.25) is 0 Å². The van der Waals surface area contributed by atoms with Gasteiger partial charge in [-0.15, -0.1) is 0 Å². The Morgan fingerprint density at radius 1 is 1.00 bits per heavy atom. The minimum absolute atomic E-state index is 0.0716. The molecule has 0 amide bonds. The van der Waals surface area contributed by atoms with Gasteiger partial charge in [-0.1, -0.05) is 47.5 Å². The van der Waals surface area contributed by atoms with Gasteiger partial charge in [-0.05, 0) is 38.5 Å². The molecule has 3 nitrogen and oxygen atoms in total. The van der Waals surface area contributed by atoms with E-state index in [-0.39, 0.29) is 18.1 Å². The van der Waals surface area contributed by atoms with Crippen LogP contribution in [0.15, 0.2) is 48.5 Å². The molecule has 1 fully saturated rings. The maximum atomic E-state index is 12.2. The van der Waals surface area contributed by atoms with Gasteiger partial charge in [-0.25, -0.2) is 4.79 Å². The van der Waals surface area contributed by atoms with E-state index in [1.54, 1.807) is 0 Å². The third-order valence-electron chi connectivity index (χ3n) is 4.09. The number of anilines is 1. The highest BCUT2D eigenvalue weighted by Crippen LogP contribution is 2.47. The number of ether oxygens (including phenoxy) is 1. The largest absolute Gasteiger partial charge is 0.464 e. The van der Waals surface area contributed by atoms with Crippen molar-refractivity contribution >= 4 is 11.7 Å². The number of hydrogen-bond acceptors (Lipinski definition) is 3. The number of rotatable bonds is 4. The van der Waals surface area contributed by atoms with Crippen LogP contribution in [0.1, 0.15) is 29.7 Å². The fourth-order valence-electron chi connectivity index (χ4n) is 2.85. The molecule has 3 rings (SSSR count). The van der Waals surface area contributed by atoms with E-state index in [0.717, 1.165) is 11.3 Å². The fraction of sp³-hybridized carbons (Fsp3) is 0.316. The molecule has 0 bridgehead atoms. The first-order valence-corrected chi connectivity index (χ1v) is 7.70. The van der Waals surface area contributed by atoms with Crippen LogP contribution in [0, 0.1) is 13.8 Å². The number of nitrogens with zero attached hydrogens (tertiary/aromatic N) is 1. The Hall–Kier alpha value is -2.29. The van der Waals surface area contributed by atoms with Gasteiger partial charge in [0.25, 0.3) is 0 Å². The molecule has 0 radical (unpaired) electrons. The van der Waals surface area contributed by atoms with Crippen molar-refractivity contribution in [2.24, 2.45) is 0 Å². The second kappa shape index (κ2) is 5.84. The molecule has 2 aromatic carbocycles. The summed E-state index contributed by atoms with van der Waals surface area (Å²) in [5.41, 5.74) is 4.66. The lowest BCUT2D eigenvalue weighted by Crippen LogP contribution is -2.15. The van der Waals surface area contributed by atoms with Crippen LogP contribution in [0.3, 0.4) is 0 Å². The van der Waals surface area contributed by atoms with Crippen LogP contribution in [0.2, 0.25) is 0 Å². The molecule has 114 valence electrons. The average molecular weight is 295 g/mol. The maximum absolute atomic E-state index is 12.2. The first-order chi connectivity index (χ1) is 10.6. The summed E-state index contributed by atoms with van der Waals surface area (Å²) in [6.45, 7) is 6.39. The van der Waals surface area contributed by atoms with Gasteiger partial charge in [0.05, 0.1) is 12.6 Å². The monoisotopic (exact) mass is 295 g/mol.